The van der Waals surface area contributed by atoms with Crippen LogP contribution in [0.1, 0.15) is 32.3 Å². The highest BCUT2D eigenvalue weighted by molar-refractivity contribution is 6.35. The van der Waals surface area contributed by atoms with Gasteiger partial charge in [0.2, 0.25) is 6.79 Å². The van der Waals surface area contributed by atoms with Crippen LogP contribution in [0.3, 0.4) is 0 Å². The van der Waals surface area contributed by atoms with Crippen LogP contribution in [-0.4, -0.2) is 40.4 Å². The van der Waals surface area contributed by atoms with Crippen molar-refractivity contribution in [2.45, 2.75) is 12.1 Å². The van der Waals surface area contributed by atoms with Crippen molar-refractivity contribution in [2.24, 2.45) is 0 Å². The van der Waals surface area contributed by atoms with E-state index in [2.05, 4.69) is 0 Å². The number of nitrogens with zero attached hydrogens (tertiary/aromatic N) is 3. The zero-order valence-corrected chi connectivity index (χ0v) is 19.5. The molecule has 0 radical (unpaired) electrons. The third-order valence-corrected chi connectivity index (χ3v) is 6.77. The summed E-state index contributed by atoms with van der Waals surface area (Å²) in [5.41, 5.74) is -0.0621. The summed E-state index contributed by atoms with van der Waals surface area (Å²) in [6, 6.07) is 11.3. The second-order valence-electron chi connectivity index (χ2n) is 8.28. The maximum atomic E-state index is 13.6. The highest BCUT2D eigenvalue weighted by atomic mass is 35.5. The number of imide groups is 1. The Morgan fingerprint density at radius 3 is 2.31 bits per heavy atom. The van der Waals surface area contributed by atoms with E-state index in [0.29, 0.717) is 22.7 Å². The van der Waals surface area contributed by atoms with Gasteiger partial charge in [-0.25, -0.2) is 0 Å². The molecule has 2 atom stereocenters. The maximum absolute atomic E-state index is 13.6. The Labute approximate surface area is 212 Å². The zero-order chi connectivity index (χ0) is 25.3. The Kier molecular flexibility index (Phi) is 4.92. The van der Waals surface area contributed by atoms with Crippen molar-refractivity contribution >= 4 is 52.3 Å². The molecule has 1 saturated heterocycles. The summed E-state index contributed by atoms with van der Waals surface area (Å²) in [5.74, 6) is -1.32. The minimum atomic E-state index is -1.27. The molecule has 36 heavy (non-hydrogen) atoms. The first kappa shape index (κ1) is 22.3. The monoisotopic (exact) mass is 525 g/mol. The topological polar surface area (TPSA) is 119 Å². The van der Waals surface area contributed by atoms with Gasteiger partial charge in [-0.3, -0.25) is 29.4 Å². The number of nitro groups is 1. The van der Waals surface area contributed by atoms with E-state index >= 15 is 0 Å². The first-order valence-corrected chi connectivity index (χ1v) is 11.4. The summed E-state index contributed by atoms with van der Waals surface area (Å²) in [4.78, 5) is 53.2. The van der Waals surface area contributed by atoms with Crippen molar-refractivity contribution in [2.75, 3.05) is 11.7 Å². The SMILES string of the molecule is O=C1c2cccc([N+](=O)[O-])c2C(=O)N1[C@@H]1C(=O)N(c2cc(Cl)cc(Cl)c2)[C@@H]1c1ccc2c(c1)OCO2. The average Bonchev–Trinajstić information content (AvgIpc) is 3.40. The van der Waals surface area contributed by atoms with Gasteiger partial charge >= 0.3 is 0 Å². The fourth-order valence-corrected chi connectivity index (χ4v) is 5.32. The molecule has 1 fully saturated rings. The van der Waals surface area contributed by atoms with E-state index in [1.807, 2.05) is 0 Å². The average molecular weight is 526 g/mol. The first-order chi connectivity index (χ1) is 17.3. The van der Waals surface area contributed by atoms with Gasteiger partial charge in [0.1, 0.15) is 11.6 Å². The van der Waals surface area contributed by atoms with Crippen LogP contribution in [0.15, 0.2) is 54.6 Å². The number of amides is 3. The first-order valence-electron chi connectivity index (χ1n) is 10.6. The number of β-lactam (4-membered cyclic amide) rings is 1. The van der Waals surface area contributed by atoms with Crippen LogP contribution in [-0.2, 0) is 4.79 Å². The van der Waals surface area contributed by atoms with Crippen LogP contribution in [0.5, 0.6) is 11.5 Å². The number of anilines is 1. The van der Waals surface area contributed by atoms with E-state index in [9.17, 15) is 24.5 Å². The van der Waals surface area contributed by atoms with Crippen LogP contribution in [0, 0.1) is 10.1 Å². The fourth-order valence-electron chi connectivity index (χ4n) is 4.81. The fraction of sp³-hybridized carbons (Fsp3) is 0.125. The summed E-state index contributed by atoms with van der Waals surface area (Å²) in [5, 5.41) is 12.1. The van der Waals surface area contributed by atoms with Gasteiger partial charge < -0.3 is 14.4 Å². The maximum Gasteiger partial charge on any atom is 0.282 e. The number of hydrogen-bond donors (Lipinski definition) is 0. The summed E-state index contributed by atoms with van der Waals surface area (Å²) < 4.78 is 10.8. The Morgan fingerprint density at radius 2 is 1.58 bits per heavy atom. The smallest absolute Gasteiger partial charge is 0.282 e. The summed E-state index contributed by atoms with van der Waals surface area (Å²) >= 11 is 12.3. The minimum Gasteiger partial charge on any atom is -0.454 e. The van der Waals surface area contributed by atoms with Gasteiger partial charge in [-0.2, -0.15) is 0 Å². The lowest BCUT2D eigenvalue weighted by Crippen LogP contribution is -2.67. The van der Waals surface area contributed by atoms with Crippen LogP contribution >= 0.6 is 23.2 Å². The van der Waals surface area contributed by atoms with Crippen molar-refractivity contribution in [3.8, 4) is 11.5 Å². The number of benzene rings is 3. The van der Waals surface area contributed by atoms with E-state index in [0.717, 1.165) is 11.0 Å². The molecule has 10 nitrogen and oxygen atoms in total. The zero-order valence-electron chi connectivity index (χ0n) is 18.0. The third-order valence-electron chi connectivity index (χ3n) is 6.33. The van der Waals surface area contributed by atoms with Crippen LogP contribution in [0.25, 0.3) is 0 Å². The summed E-state index contributed by atoms with van der Waals surface area (Å²) in [6.45, 7) is 0.0293. The molecule has 0 aromatic heterocycles. The highest BCUT2D eigenvalue weighted by Gasteiger charge is 2.58. The predicted octanol–water partition coefficient (Wildman–Crippen LogP) is 4.38. The van der Waals surface area contributed by atoms with Gasteiger partial charge in [-0.05, 0) is 42.0 Å². The van der Waals surface area contributed by atoms with E-state index in [1.54, 1.807) is 18.2 Å². The quantitative estimate of drug-likeness (QED) is 0.214. The number of hydrogen-bond acceptors (Lipinski definition) is 7. The van der Waals surface area contributed by atoms with E-state index in [1.165, 1.54) is 35.2 Å². The predicted molar refractivity (Wildman–Crippen MR) is 127 cm³/mol. The lowest BCUT2D eigenvalue weighted by Gasteiger charge is -2.49. The molecule has 3 aliphatic heterocycles. The van der Waals surface area contributed by atoms with Gasteiger partial charge in [0.15, 0.2) is 11.5 Å². The molecule has 0 spiro atoms. The molecule has 0 unspecified atom stereocenters. The molecule has 3 aromatic rings. The van der Waals surface area contributed by atoms with Crippen LogP contribution in [0.4, 0.5) is 11.4 Å². The molecule has 3 aromatic carbocycles. The number of nitro benzene ring substituents is 1. The van der Waals surface area contributed by atoms with Gasteiger partial charge in [-0.1, -0.05) is 35.3 Å². The molecule has 180 valence electrons. The highest BCUT2D eigenvalue weighted by Crippen LogP contribution is 2.47. The van der Waals surface area contributed by atoms with Crippen molar-refractivity contribution in [3.63, 3.8) is 0 Å². The van der Waals surface area contributed by atoms with Crippen molar-refractivity contribution in [1.82, 2.24) is 4.90 Å². The molecule has 0 saturated carbocycles. The number of halogens is 2. The van der Waals surface area contributed by atoms with E-state index in [4.69, 9.17) is 32.7 Å². The van der Waals surface area contributed by atoms with Crippen molar-refractivity contribution in [3.05, 3.63) is 91.4 Å². The molecular formula is C24H13Cl2N3O7. The molecular weight excluding hydrogens is 513 g/mol. The number of carbonyl (C=O) groups excluding carboxylic acids is 3. The third kappa shape index (κ3) is 3.15. The number of fused-ring (bicyclic) bond motifs is 2. The summed E-state index contributed by atoms with van der Waals surface area (Å²) in [6.07, 6.45) is 0. The number of ether oxygens (including phenoxy) is 2. The lowest BCUT2D eigenvalue weighted by molar-refractivity contribution is -0.385. The van der Waals surface area contributed by atoms with Crippen LogP contribution in [0.2, 0.25) is 10.0 Å². The van der Waals surface area contributed by atoms with Gasteiger partial charge in [0, 0.05) is 21.8 Å². The van der Waals surface area contributed by atoms with Crippen LogP contribution < -0.4 is 14.4 Å². The standard InChI is InChI=1S/C24H13Cl2N3O7/c25-12-7-13(26)9-14(8-12)27-20(11-4-5-17-18(6-11)36-10-35-17)21(24(27)32)28-22(30)15-2-1-3-16(29(33)34)19(15)23(28)31/h1-9,20-21H,10H2/t20-,21+/m1/s1. The lowest BCUT2D eigenvalue weighted by atomic mass is 9.86. The molecule has 0 aliphatic carbocycles. The Hall–Kier alpha value is -4.15. The molecule has 3 amide bonds. The summed E-state index contributed by atoms with van der Waals surface area (Å²) in [7, 11) is 0. The molecule has 12 heteroatoms. The molecule has 3 aliphatic rings. The number of rotatable bonds is 4. The second-order valence-corrected chi connectivity index (χ2v) is 9.15. The van der Waals surface area contributed by atoms with E-state index < -0.39 is 40.4 Å². The van der Waals surface area contributed by atoms with Crippen molar-refractivity contribution in [1.29, 1.82) is 0 Å². The van der Waals surface area contributed by atoms with Gasteiger partial charge in [0.25, 0.3) is 23.4 Å². The second kappa shape index (κ2) is 7.94. The number of carbonyl (C=O) groups is 3. The van der Waals surface area contributed by atoms with Gasteiger partial charge in [-0.15, -0.1) is 0 Å². The Morgan fingerprint density at radius 1 is 0.861 bits per heavy atom. The normalized spacial score (nSPS) is 20.0. The molecule has 3 heterocycles. The van der Waals surface area contributed by atoms with Crippen molar-refractivity contribution < 1.29 is 28.8 Å². The minimum absolute atomic E-state index is 0.0293. The molecule has 6 rings (SSSR count). The Balaban J connectivity index is 1.47. The van der Waals surface area contributed by atoms with Gasteiger partial charge in [0.05, 0.1) is 16.5 Å². The largest absolute Gasteiger partial charge is 0.454 e. The van der Waals surface area contributed by atoms with E-state index in [-0.39, 0.29) is 28.0 Å². The molecule has 0 N–H and O–H groups in total. The Bertz CT molecular complexity index is 1510. The molecule has 0 bridgehead atoms.